The minimum absolute atomic E-state index is 0. The molecule has 0 atom stereocenters. The zero-order valence-electron chi connectivity index (χ0n) is 11.3. The van der Waals surface area contributed by atoms with Gasteiger partial charge in [-0.2, -0.15) is 0 Å². The predicted molar refractivity (Wildman–Crippen MR) is 81.2 cm³/mol. The molecule has 0 spiro atoms. The summed E-state index contributed by atoms with van der Waals surface area (Å²) in [5.74, 6) is 0.102. The van der Waals surface area contributed by atoms with E-state index in [1.54, 1.807) is 25.2 Å². The van der Waals surface area contributed by atoms with E-state index in [0.717, 1.165) is 5.57 Å². The fraction of sp³-hybridized carbons (Fsp3) is 0.200. The van der Waals surface area contributed by atoms with Crippen LogP contribution in [0.1, 0.15) is 13.8 Å². The van der Waals surface area contributed by atoms with Crippen molar-refractivity contribution in [2.75, 3.05) is 0 Å². The van der Waals surface area contributed by atoms with E-state index in [1.165, 1.54) is 6.92 Å². The average Bonchev–Trinajstić information content (AvgIpc) is 3.01. The number of hydrogen-bond donors (Lipinski definition) is 0. The largest absolute Gasteiger partial charge is 2.00 e. The number of halogens is 3. The number of hydrogen-bond acceptors (Lipinski definition) is 2. The van der Waals surface area contributed by atoms with Gasteiger partial charge in [-0.15, -0.1) is 11.5 Å². The molecule has 0 saturated carbocycles. The molecule has 0 bridgehead atoms. The third-order valence-corrected chi connectivity index (χ3v) is 3.21. The molecule has 21 heavy (non-hydrogen) atoms. The van der Waals surface area contributed by atoms with Crippen molar-refractivity contribution in [3.63, 3.8) is 0 Å². The first kappa shape index (κ1) is 20.4. The van der Waals surface area contributed by atoms with Crippen LogP contribution in [0.3, 0.4) is 0 Å². The van der Waals surface area contributed by atoms with Gasteiger partial charge in [0, 0.05) is 5.57 Å². The second kappa shape index (κ2) is 8.77. The van der Waals surface area contributed by atoms with E-state index in [0.29, 0.717) is 11.1 Å². The Balaban J connectivity index is 0.000000390. The minimum atomic E-state index is -1.44. The zero-order chi connectivity index (χ0) is 15.3. The van der Waals surface area contributed by atoms with Gasteiger partial charge in [0.05, 0.1) is 0 Å². The smallest absolute Gasteiger partial charge is 0.875 e. The molecule has 6 heteroatoms. The summed E-state index contributed by atoms with van der Waals surface area (Å²) in [7, 11) is 0. The van der Waals surface area contributed by atoms with Gasteiger partial charge in [-0.1, -0.05) is 85.1 Å². The molecule has 2 aliphatic rings. The number of rotatable bonds is 0. The van der Waals surface area contributed by atoms with E-state index in [9.17, 15) is 10.2 Å². The van der Waals surface area contributed by atoms with Crippen LogP contribution in [-0.2, 0) is 17.1 Å². The van der Waals surface area contributed by atoms with Gasteiger partial charge in [0.2, 0.25) is 3.79 Å². The van der Waals surface area contributed by atoms with Gasteiger partial charge in [0.25, 0.3) is 0 Å². The molecule has 0 radical (unpaired) electrons. The molecular formula is C15H13Cl3FeO2. The van der Waals surface area contributed by atoms with Crippen molar-refractivity contribution >= 4 is 34.8 Å². The fourth-order valence-electron chi connectivity index (χ4n) is 1.45. The van der Waals surface area contributed by atoms with Crippen LogP contribution in [-0.4, -0.2) is 3.79 Å². The van der Waals surface area contributed by atoms with Crippen LogP contribution in [0.2, 0.25) is 0 Å². The maximum atomic E-state index is 10.9. The summed E-state index contributed by atoms with van der Waals surface area (Å²) in [6, 6.07) is 0. The van der Waals surface area contributed by atoms with Gasteiger partial charge < -0.3 is 10.2 Å². The van der Waals surface area contributed by atoms with Crippen LogP contribution in [0.25, 0.3) is 0 Å². The molecule has 0 aliphatic heterocycles. The summed E-state index contributed by atoms with van der Waals surface area (Å²) in [6.07, 6.45) is 12.2. The summed E-state index contributed by atoms with van der Waals surface area (Å²) in [6.45, 7) is 3.03. The quantitative estimate of drug-likeness (QED) is 0.364. The third kappa shape index (κ3) is 6.81. The molecule has 0 unspecified atom stereocenters. The molecule has 0 heterocycles. The van der Waals surface area contributed by atoms with Crippen LogP contribution in [0.5, 0.6) is 0 Å². The van der Waals surface area contributed by atoms with Crippen LogP contribution in [0, 0.1) is 0 Å². The molecule has 2 rings (SSSR count). The molecule has 0 amide bonds. The summed E-state index contributed by atoms with van der Waals surface area (Å²) in [4.78, 5) is 0. The van der Waals surface area contributed by atoms with Crippen molar-refractivity contribution in [3.05, 3.63) is 70.8 Å². The molecule has 0 saturated heterocycles. The Morgan fingerprint density at radius 1 is 0.857 bits per heavy atom. The minimum Gasteiger partial charge on any atom is -0.875 e. The summed E-state index contributed by atoms with van der Waals surface area (Å²) >= 11 is 16.8. The van der Waals surface area contributed by atoms with Crippen molar-refractivity contribution in [2.45, 2.75) is 17.6 Å². The third-order valence-electron chi connectivity index (χ3n) is 2.56. The monoisotopic (exact) mass is 386 g/mol. The van der Waals surface area contributed by atoms with Gasteiger partial charge in [-0.05, 0) is 17.2 Å². The van der Waals surface area contributed by atoms with Crippen LogP contribution < -0.4 is 10.2 Å². The summed E-state index contributed by atoms with van der Waals surface area (Å²) in [5, 5.41) is 21.4. The maximum Gasteiger partial charge on any atom is 2.00 e. The van der Waals surface area contributed by atoms with Gasteiger partial charge in [0.15, 0.2) is 0 Å². The van der Waals surface area contributed by atoms with Crippen LogP contribution in [0.15, 0.2) is 70.8 Å². The summed E-state index contributed by atoms with van der Waals surface area (Å²) < 4.78 is -1.44. The molecule has 0 N–H and O–H groups in total. The Bertz CT molecular complexity index is 540. The number of allylic oxidation sites excluding steroid dienone is 12. The van der Waals surface area contributed by atoms with E-state index < -0.39 is 3.79 Å². The van der Waals surface area contributed by atoms with Crippen LogP contribution >= 0.6 is 34.8 Å². The van der Waals surface area contributed by atoms with E-state index in [-0.39, 0.29) is 28.6 Å². The Morgan fingerprint density at radius 3 is 1.57 bits per heavy atom. The second-order valence-corrected chi connectivity index (χ2v) is 6.45. The Hall–Kier alpha value is -0.571. The Labute approximate surface area is 150 Å². The summed E-state index contributed by atoms with van der Waals surface area (Å²) in [5.41, 5.74) is 1.89. The standard InChI is InChI=1S/C8H7Cl3O.C7H8O.Fe/c1-5(12)6-2-3-7(4-6)8(9,10)11;1-6(8)7-4-2-3-5-7;/h2-4,12H,1H3;2-5,8H,1H3;/q;;+2/p-2. The number of alkyl halides is 3. The molecule has 114 valence electrons. The first-order chi connectivity index (χ1) is 9.21. The molecule has 0 fully saturated rings. The van der Waals surface area contributed by atoms with Gasteiger partial charge in [0.1, 0.15) is 0 Å². The molecule has 2 nitrogen and oxygen atoms in total. The fourth-order valence-corrected chi connectivity index (χ4v) is 1.80. The SMILES string of the molecule is CC([O-])=C1C=CC(C(Cl)(Cl)Cl)=C1.CC([O-])=C1C=CC=C1.[Fe+2]. The second-order valence-electron chi connectivity index (χ2n) is 4.17. The van der Waals surface area contributed by atoms with Crippen molar-refractivity contribution in [2.24, 2.45) is 0 Å². The average molecular weight is 387 g/mol. The molecule has 0 aromatic carbocycles. The van der Waals surface area contributed by atoms with Gasteiger partial charge in [-0.25, -0.2) is 0 Å². The van der Waals surface area contributed by atoms with Crippen molar-refractivity contribution < 1.29 is 27.3 Å². The predicted octanol–water partition coefficient (Wildman–Crippen LogP) is 3.23. The molecular weight excluding hydrogens is 374 g/mol. The first-order valence-electron chi connectivity index (χ1n) is 5.79. The van der Waals surface area contributed by atoms with E-state index in [4.69, 9.17) is 34.8 Å². The van der Waals surface area contributed by atoms with Gasteiger partial charge >= 0.3 is 17.1 Å². The maximum absolute atomic E-state index is 10.9. The van der Waals surface area contributed by atoms with E-state index in [2.05, 4.69) is 0 Å². The van der Waals surface area contributed by atoms with E-state index >= 15 is 0 Å². The van der Waals surface area contributed by atoms with Crippen molar-refractivity contribution in [3.8, 4) is 0 Å². The van der Waals surface area contributed by atoms with Crippen molar-refractivity contribution in [1.29, 1.82) is 0 Å². The van der Waals surface area contributed by atoms with Crippen molar-refractivity contribution in [1.82, 2.24) is 0 Å². The Morgan fingerprint density at radius 2 is 1.33 bits per heavy atom. The van der Waals surface area contributed by atoms with E-state index in [1.807, 2.05) is 24.3 Å². The molecule has 0 aromatic heterocycles. The van der Waals surface area contributed by atoms with Crippen LogP contribution in [0.4, 0.5) is 0 Å². The topological polar surface area (TPSA) is 46.1 Å². The molecule has 0 aromatic rings. The van der Waals surface area contributed by atoms with Gasteiger partial charge in [-0.3, -0.25) is 0 Å². The normalized spacial score (nSPS) is 18.0. The Kier molecular flexibility index (Phi) is 8.53. The molecule has 2 aliphatic carbocycles. The first-order valence-corrected chi connectivity index (χ1v) is 6.92. The zero-order valence-corrected chi connectivity index (χ0v) is 14.7.